The van der Waals surface area contributed by atoms with Gasteiger partial charge in [0.2, 0.25) is 0 Å². The van der Waals surface area contributed by atoms with Gasteiger partial charge in [-0.25, -0.2) is 0 Å². The molecule has 2 atom stereocenters. The first-order valence-corrected chi connectivity index (χ1v) is 18.6. The number of hydrogen-bond acceptors (Lipinski definition) is 4. The summed E-state index contributed by atoms with van der Waals surface area (Å²) in [6.45, 7) is 4.22. The van der Waals surface area contributed by atoms with Gasteiger partial charge < -0.3 is 19.1 Å². The van der Waals surface area contributed by atoms with E-state index >= 15 is 0 Å². The van der Waals surface area contributed by atoms with E-state index in [0.717, 1.165) is 59.9 Å². The maximum Gasteiger partial charge on any atom is 0.136 e. The molecule has 0 saturated carbocycles. The highest BCUT2D eigenvalue weighted by Gasteiger charge is 2.38. The van der Waals surface area contributed by atoms with E-state index in [1.54, 1.807) is 7.11 Å². The number of para-hydroxylation sites is 2. The van der Waals surface area contributed by atoms with Crippen LogP contribution in [0.4, 0.5) is 17.1 Å². The van der Waals surface area contributed by atoms with Crippen LogP contribution in [0.2, 0.25) is 0 Å². The van der Waals surface area contributed by atoms with Crippen molar-refractivity contribution >= 4 is 39.9 Å². The van der Waals surface area contributed by atoms with Gasteiger partial charge in [-0.15, -0.1) is 6.58 Å². The lowest BCUT2D eigenvalue weighted by Gasteiger charge is -2.33. The van der Waals surface area contributed by atoms with Crippen LogP contribution in [0, 0.1) is 0 Å². The molecule has 260 valence electrons. The molecule has 2 aliphatic carbocycles. The van der Waals surface area contributed by atoms with Crippen molar-refractivity contribution in [1.29, 1.82) is 0 Å². The second kappa shape index (κ2) is 14.0. The summed E-state index contributed by atoms with van der Waals surface area (Å²) in [5.41, 5.74) is 12.0. The Morgan fingerprint density at radius 2 is 1.45 bits per heavy atom. The Morgan fingerprint density at radius 1 is 0.755 bits per heavy atom. The second-order valence-electron chi connectivity index (χ2n) is 13.8. The minimum atomic E-state index is -0.0942. The highest BCUT2D eigenvalue weighted by atomic mass is 16.5. The number of benzene rings is 5. The lowest BCUT2D eigenvalue weighted by atomic mass is 9.96. The Bertz CT molecular complexity index is 2400. The molecule has 3 aliphatic rings. The number of methoxy groups -OCH3 is 1. The first-order chi connectivity index (χ1) is 26.2. The minimum absolute atomic E-state index is 0.00390. The van der Waals surface area contributed by atoms with Crippen LogP contribution in [0.1, 0.15) is 47.7 Å². The zero-order valence-electron chi connectivity index (χ0n) is 30.0. The Kier molecular flexibility index (Phi) is 8.61. The van der Waals surface area contributed by atoms with Crippen molar-refractivity contribution in [2.24, 2.45) is 4.99 Å². The van der Waals surface area contributed by atoms with E-state index in [-0.39, 0.29) is 12.1 Å². The number of nitrogens with zero attached hydrogens (tertiary/aromatic N) is 4. The van der Waals surface area contributed by atoms with Gasteiger partial charge in [0, 0.05) is 50.7 Å². The van der Waals surface area contributed by atoms with E-state index in [2.05, 4.69) is 167 Å². The molecule has 9 rings (SSSR count). The molecule has 1 aliphatic heterocycles. The molecule has 2 heterocycles. The number of allylic oxidation sites excluding steroid dienone is 5. The Hall–Kier alpha value is -6.33. The molecule has 0 saturated heterocycles. The standard InChI is InChI=1S/C48H42N4O/c1-3-44-47(34-24-32-41(53-2)33-25-34)52(37-16-8-5-9-17-37)48(49-44)35-22-26-38(27-23-35)50(36-14-6-4-7-15-36)39-28-30-40(31-29-39)51-45-20-12-10-18-42(45)43-19-11-13-21-46(43)51/h3-8,10-12,14-16,18-20,22-33,44,47H,1,9,13,17,21H2,2H3. The van der Waals surface area contributed by atoms with Gasteiger partial charge in [0.05, 0.1) is 24.7 Å². The van der Waals surface area contributed by atoms with Crippen LogP contribution in [0.5, 0.6) is 5.75 Å². The maximum absolute atomic E-state index is 5.48. The molecule has 0 N–H and O–H groups in total. The van der Waals surface area contributed by atoms with Crippen LogP contribution in [0.25, 0.3) is 22.7 Å². The predicted octanol–water partition coefficient (Wildman–Crippen LogP) is 11.7. The van der Waals surface area contributed by atoms with Gasteiger partial charge in [0.15, 0.2) is 0 Å². The van der Waals surface area contributed by atoms with Crippen LogP contribution >= 0.6 is 0 Å². The average molecular weight is 691 g/mol. The molecule has 0 fully saturated rings. The molecule has 6 aromatic rings. The van der Waals surface area contributed by atoms with Crippen LogP contribution < -0.4 is 9.64 Å². The van der Waals surface area contributed by atoms with Crippen molar-refractivity contribution in [3.8, 4) is 11.4 Å². The lowest BCUT2D eigenvalue weighted by molar-refractivity contribution is 0.380. The van der Waals surface area contributed by atoms with E-state index in [1.807, 2.05) is 18.2 Å². The maximum atomic E-state index is 5.48. The highest BCUT2D eigenvalue weighted by Crippen LogP contribution is 2.42. The van der Waals surface area contributed by atoms with Gasteiger partial charge >= 0.3 is 0 Å². The summed E-state index contributed by atoms with van der Waals surface area (Å²) in [5, 5.41) is 1.31. The van der Waals surface area contributed by atoms with E-state index < -0.39 is 0 Å². The SMILES string of the molecule is C=CC1N=C(c2ccc(N(c3ccccc3)c3ccc(-n4c5c(c6ccccc64)C=CCC5)cc3)cc2)N(C2=CC=CCC2)C1c1ccc(OC)cc1. The summed E-state index contributed by atoms with van der Waals surface area (Å²) in [6.07, 6.45) is 17.3. The lowest BCUT2D eigenvalue weighted by Crippen LogP contribution is -2.33. The van der Waals surface area contributed by atoms with E-state index in [1.165, 1.54) is 39.1 Å². The Balaban J connectivity index is 1.08. The van der Waals surface area contributed by atoms with Crippen molar-refractivity contribution in [3.05, 3.63) is 192 Å². The summed E-state index contributed by atoms with van der Waals surface area (Å²) < 4.78 is 7.93. The van der Waals surface area contributed by atoms with Crippen molar-refractivity contribution in [2.45, 2.75) is 37.8 Å². The van der Waals surface area contributed by atoms with E-state index in [0.29, 0.717) is 0 Å². The minimum Gasteiger partial charge on any atom is -0.497 e. The molecule has 0 spiro atoms. The number of amidine groups is 1. The Labute approximate surface area is 311 Å². The first kappa shape index (κ1) is 32.6. The zero-order valence-corrected chi connectivity index (χ0v) is 30.0. The fourth-order valence-corrected chi connectivity index (χ4v) is 8.21. The predicted molar refractivity (Wildman–Crippen MR) is 220 cm³/mol. The summed E-state index contributed by atoms with van der Waals surface area (Å²) in [4.78, 5) is 10.1. The number of rotatable bonds is 9. The van der Waals surface area contributed by atoms with Crippen LogP contribution in [-0.4, -0.2) is 28.5 Å². The number of ether oxygens (including phenoxy) is 1. The third kappa shape index (κ3) is 5.88. The fourth-order valence-electron chi connectivity index (χ4n) is 8.21. The number of aromatic nitrogens is 1. The monoisotopic (exact) mass is 690 g/mol. The van der Waals surface area contributed by atoms with Crippen LogP contribution in [0.3, 0.4) is 0 Å². The van der Waals surface area contributed by atoms with Crippen LogP contribution in [0.15, 0.2) is 175 Å². The molecule has 5 heteroatoms. The van der Waals surface area contributed by atoms with E-state index in [4.69, 9.17) is 9.73 Å². The van der Waals surface area contributed by atoms with E-state index in [9.17, 15) is 0 Å². The molecule has 53 heavy (non-hydrogen) atoms. The molecule has 5 aromatic carbocycles. The molecular weight excluding hydrogens is 649 g/mol. The molecule has 0 amide bonds. The summed E-state index contributed by atoms with van der Waals surface area (Å²) in [6, 6.07) is 45.5. The second-order valence-corrected chi connectivity index (χ2v) is 13.8. The van der Waals surface area contributed by atoms with Gasteiger partial charge in [-0.3, -0.25) is 4.99 Å². The normalized spacial score (nSPS) is 17.7. The average Bonchev–Trinajstić information content (AvgIpc) is 3.79. The number of hydrogen-bond donors (Lipinski definition) is 0. The quantitative estimate of drug-likeness (QED) is 0.142. The Morgan fingerprint density at radius 3 is 2.17 bits per heavy atom. The van der Waals surface area contributed by atoms with Gasteiger partial charge in [-0.1, -0.05) is 78.9 Å². The van der Waals surface area contributed by atoms with Gasteiger partial charge in [-0.05, 0) is 116 Å². The van der Waals surface area contributed by atoms with Crippen LogP contribution in [-0.2, 0) is 6.42 Å². The topological polar surface area (TPSA) is 33.0 Å². The fraction of sp³-hybridized carbons (Fsp3) is 0.146. The van der Waals surface area contributed by atoms with Gasteiger partial charge in [0.1, 0.15) is 11.6 Å². The number of aliphatic imine (C=N–C) groups is 1. The summed E-state index contributed by atoms with van der Waals surface area (Å²) in [5.74, 6) is 1.81. The first-order valence-electron chi connectivity index (χ1n) is 18.6. The highest BCUT2D eigenvalue weighted by molar-refractivity contribution is 6.02. The molecule has 0 radical (unpaired) electrons. The van der Waals surface area contributed by atoms with Gasteiger partial charge in [-0.2, -0.15) is 0 Å². The molecular formula is C48H42N4O. The van der Waals surface area contributed by atoms with Gasteiger partial charge in [0.25, 0.3) is 0 Å². The zero-order chi connectivity index (χ0) is 35.7. The molecule has 1 aromatic heterocycles. The summed E-state index contributed by atoms with van der Waals surface area (Å²) in [7, 11) is 1.70. The largest absolute Gasteiger partial charge is 0.497 e. The smallest absolute Gasteiger partial charge is 0.136 e. The molecule has 5 nitrogen and oxygen atoms in total. The van der Waals surface area contributed by atoms with Crippen molar-refractivity contribution in [3.63, 3.8) is 0 Å². The third-order valence-corrected chi connectivity index (χ3v) is 10.7. The van der Waals surface area contributed by atoms with Crippen molar-refractivity contribution < 1.29 is 4.74 Å². The van der Waals surface area contributed by atoms with Crippen molar-refractivity contribution in [2.75, 3.05) is 12.0 Å². The summed E-state index contributed by atoms with van der Waals surface area (Å²) >= 11 is 0. The number of fused-ring (bicyclic) bond motifs is 3. The molecule has 0 bridgehead atoms. The molecule has 2 unspecified atom stereocenters. The third-order valence-electron chi connectivity index (χ3n) is 10.7. The van der Waals surface area contributed by atoms with Crippen molar-refractivity contribution in [1.82, 2.24) is 9.47 Å². The number of anilines is 3.